The molecule has 3 rings (SSSR count). The molecule has 1 saturated carbocycles. The third-order valence-corrected chi connectivity index (χ3v) is 4.67. The van der Waals surface area contributed by atoms with Gasteiger partial charge in [-0.25, -0.2) is 0 Å². The number of carbonyl (C=O) groups is 2. The van der Waals surface area contributed by atoms with Gasteiger partial charge in [-0.2, -0.15) is 0 Å². The van der Waals surface area contributed by atoms with Crippen LogP contribution in [0, 0.1) is 23.7 Å². The van der Waals surface area contributed by atoms with Crippen LogP contribution in [0.5, 0.6) is 0 Å². The lowest BCUT2D eigenvalue weighted by atomic mass is 9.82. The van der Waals surface area contributed by atoms with Crippen molar-refractivity contribution in [3.8, 4) is 0 Å². The van der Waals surface area contributed by atoms with Gasteiger partial charge in [0.15, 0.2) is 0 Å². The van der Waals surface area contributed by atoms with Crippen LogP contribution in [0.1, 0.15) is 19.8 Å². The average Bonchev–Trinajstić information content (AvgIpc) is 2.97. The van der Waals surface area contributed by atoms with E-state index in [9.17, 15) is 14.7 Å². The molecule has 0 radical (unpaired) electrons. The second-order valence-electron chi connectivity index (χ2n) is 5.94. The minimum atomic E-state index is -0.820. The van der Waals surface area contributed by atoms with Crippen molar-refractivity contribution in [2.24, 2.45) is 23.7 Å². The van der Waals surface area contributed by atoms with Gasteiger partial charge in [0.1, 0.15) is 0 Å². The van der Waals surface area contributed by atoms with Gasteiger partial charge in [0.25, 0.3) is 0 Å². The quantitative estimate of drug-likeness (QED) is 0.769. The van der Waals surface area contributed by atoms with E-state index in [0.717, 1.165) is 19.4 Å². The summed E-state index contributed by atoms with van der Waals surface area (Å²) in [6, 6.07) is 0. The van der Waals surface area contributed by atoms with E-state index < -0.39 is 11.9 Å². The molecule has 0 aromatic heterocycles. The highest BCUT2D eigenvalue weighted by atomic mass is 16.4. The van der Waals surface area contributed by atoms with Gasteiger partial charge in [-0.3, -0.25) is 9.59 Å². The molecule has 1 amide bonds. The molecule has 102 valence electrons. The highest BCUT2D eigenvalue weighted by Gasteiger charge is 2.52. The molecule has 2 bridgehead atoms. The van der Waals surface area contributed by atoms with E-state index in [4.69, 9.17) is 0 Å². The van der Waals surface area contributed by atoms with Crippen LogP contribution in [-0.2, 0) is 9.59 Å². The number of hydrogen-bond donors (Lipinski definition) is 1. The Morgan fingerprint density at radius 1 is 1.26 bits per heavy atom. The molecular weight excluding hydrogens is 242 g/mol. The van der Waals surface area contributed by atoms with Crippen LogP contribution >= 0.6 is 0 Å². The number of allylic oxidation sites excluding steroid dienone is 2. The molecule has 2 unspecified atom stereocenters. The van der Waals surface area contributed by atoms with Gasteiger partial charge in [0.2, 0.25) is 5.91 Å². The van der Waals surface area contributed by atoms with Crippen LogP contribution in [0.25, 0.3) is 0 Å². The zero-order valence-electron chi connectivity index (χ0n) is 11.1. The molecule has 3 aliphatic rings. The Morgan fingerprint density at radius 2 is 1.95 bits per heavy atom. The van der Waals surface area contributed by atoms with Crippen molar-refractivity contribution >= 4 is 11.9 Å². The zero-order chi connectivity index (χ0) is 13.6. The van der Waals surface area contributed by atoms with E-state index in [1.54, 1.807) is 0 Å². The molecule has 1 heterocycles. The largest absolute Gasteiger partial charge is 0.481 e. The first-order chi connectivity index (χ1) is 9.08. The van der Waals surface area contributed by atoms with Crippen molar-refractivity contribution in [3.63, 3.8) is 0 Å². The van der Waals surface area contributed by atoms with Gasteiger partial charge < -0.3 is 10.0 Å². The number of rotatable bonds is 2. The summed E-state index contributed by atoms with van der Waals surface area (Å²) in [7, 11) is 0. The van der Waals surface area contributed by atoms with Gasteiger partial charge in [-0.1, -0.05) is 23.8 Å². The van der Waals surface area contributed by atoms with Crippen molar-refractivity contribution < 1.29 is 14.7 Å². The lowest BCUT2D eigenvalue weighted by molar-refractivity contribution is -0.150. The normalized spacial score (nSPS) is 36.5. The summed E-state index contributed by atoms with van der Waals surface area (Å²) in [6.07, 6.45) is 7.88. The van der Waals surface area contributed by atoms with Crippen LogP contribution in [0.3, 0.4) is 0 Å². The summed E-state index contributed by atoms with van der Waals surface area (Å²) in [4.78, 5) is 25.9. The smallest absolute Gasteiger partial charge is 0.307 e. The van der Waals surface area contributed by atoms with Crippen molar-refractivity contribution in [1.29, 1.82) is 0 Å². The first kappa shape index (κ1) is 12.5. The Labute approximate surface area is 112 Å². The highest BCUT2D eigenvalue weighted by molar-refractivity contribution is 5.87. The van der Waals surface area contributed by atoms with E-state index in [1.165, 1.54) is 5.57 Å². The Balaban J connectivity index is 1.81. The van der Waals surface area contributed by atoms with Crippen LogP contribution < -0.4 is 0 Å². The predicted octanol–water partition coefficient (Wildman–Crippen LogP) is 1.69. The average molecular weight is 261 g/mol. The molecule has 0 aromatic rings. The first-order valence-electron chi connectivity index (χ1n) is 6.93. The molecule has 0 saturated heterocycles. The van der Waals surface area contributed by atoms with Gasteiger partial charge in [-0.05, 0) is 31.6 Å². The van der Waals surface area contributed by atoms with Crippen LogP contribution in [0.4, 0.5) is 0 Å². The minimum absolute atomic E-state index is 0.0386. The topological polar surface area (TPSA) is 57.6 Å². The van der Waals surface area contributed by atoms with E-state index in [0.29, 0.717) is 6.54 Å². The van der Waals surface area contributed by atoms with Crippen LogP contribution in [0.2, 0.25) is 0 Å². The number of fused-ring (bicyclic) bond motifs is 2. The fourth-order valence-corrected chi connectivity index (χ4v) is 3.81. The Morgan fingerprint density at radius 3 is 2.58 bits per heavy atom. The van der Waals surface area contributed by atoms with Crippen molar-refractivity contribution in [2.75, 3.05) is 13.1 Å². The van der Waals surface area contributed by atoms with Crippen molar-refractivity contribution in [2.45, 2.75) is 19.8 Å². The number of hydrogen-bond acceptors (Lipinski definition) is 2. The SMILES string of the molecule is CC1=CCCN(C(=O)[C@H]2C3C=CC(C3)[C@H]2C(=O)O)C1. The van der Waals surface area contributed by atoms with E-state index >= 15 is 0 Å². The predicted molar refractivity (Wildman–Crippen MR) is 70.3 cm³/mol. The van der Waals surface area contributed by atoms with Crippen LogP contribution in [-0.4, -0.2) is 35.0 Å². The summed E-state index contributed by atoms with van der Waals surface area (Å²) >= 11 is 0. The van der Waals surface area contributed by atoms with Crippen molar-refractivity contribution in [1.82, 2.24) is 4.90 Å². The Bertz CT molecular complexity index is 480. The molecule has 4 nitrogen and oxygen atoms in total. The van der Waals surface area contributed by atoms with E-state index in [-0.39, 0.29) is 23.7 Å². The van der Waals surface area contributed by atoms with Gasteiger partial charge in [-0.15, -0.1) is 0 Å². The molecule has 1 N–H and O–H groups in total. The lowest BCUT2D eigenvalue weighted by Crippen LogP contribution is -2.44. The fourth-order valence-electron chi connectivity index (χ4n) is 3.81. The monoisotopic (exact) mass is 261 g/mol. The molecule has 0 aromatic carbocycles. The molecule has 1 aliphatic heterocycles. The maximum Gasteiger partial charge on any atom is 0.307 e. The Hall–Kier alpha value is -1.58. The second kappa shape index (κ2) is 4.51. The fraction of sp³-hybridized carbons (Fsp3) is 0.600. The Kier molecular flexibility index (Phi) is 2.96. The third kappa shape index (κ3) is 1.99. The first-order valence-corrected chi connectivity index (χ1v) is 6.93. The molecule has 1 fully saturated rings. The number of carboxylic acid groups (broad SMARTS) is 1. The maximum atomic E-state index is 12.7. The number of nitrogens with zero attached hydrogens (tertiary/aromatic N) is 1. The van der Waals surface area contributed by atoms with Gasteiger partial charge in [0, 0.05) is 13.1 Å². The number of carbonyl (C=O) groups excluding carboxylic acids is 1. The molecule has 4 heteroatoms. The third-order valence-electron chi connectivity index (χ3n) is 4.67. The summed E-state index contributed by atoms with van der Waals surface area (Å²) in [5.74, 6) is -1.47. The standard InChI is InChI=1S/C15H19NO3/c1-9-3-2-6-16(8-9)14(17)12-10-4-5-11(7-10)13(12)15(18)19/h3-5,10-13H,2,6-8H2,1H3,(H,18,19)/t10?,11?,12-,13+/m0/s1. The van der Waals surface area contributed by atoms with Gasteiger partial charge >= 0.3 is 5.97 Å². The molecule has 0 spiro atoms. The van der Waals surface area contributed by atoms with Gasteiger partial charge in [0.05, 0.1) is 11.8 Å². The maximum absolute atomic E-state index is 12.7. The minimum Gasteiger partial charge on any atom is -0.481 e. The summed E-state index contributed by atoms with van der Waals surface area (Å²) in [6.45, 7) is 3.40. The number of amides is 1. The molecular formula is C15H19NO3. The summed E-state index contributed by atoms with van der Waals surface area (Å²) in [5.41, 5.74) is 1.20. The lowest BCUT2D eigenvalue weighted by Gasteiger charge is -2.32. The molecule has 19 heavy (non-hydrogen) atoms. The number of carboxylic acids is 1. The number of aliphatic carboxylic acids is 1. The zero-order valence-corrected chi connectivity index (χ0v) is 11.1. The highest BCUT2D eigenvalue weighted by Crippen LogP contribution is 2.48. The molecule has 2 aliphatic carbocycles. The summed E-state index contributed by atoms with van der Waals surface area (Å²) in [5, 5.41) is 9.39. The summed E-state index contributed by atoms with van der Waals surface area (Å²) < 4.78 is 0. The van der Waals surface area contributed by atoms with Crippen molar-refractivity contribution in [3.05, 3.63) is 23.8 Å². The van der Waals surface area contributed by atoms with E-state index in [1.807, 2.05) is 24.0 Å². The second-order valence-corrected chi connectivity index (χ2v) is 5.94. The van der Waals surface area contributed by atoms with E-state index in [2.05, 4.69) is 6.08 Å². The molecule has 4 atom stereocenters. The van der Waals surface area contributed by atoms with Crippen LogP contribution in [0.15, 0.2) is 23.8 Å².